The first-order chi connectivity index (χ1) is 10.8. The summed E-state index contributed by atoms with van der Waals surface area (Å²) in [6, 6.07) is 6.72. The fraction of sp³-hybridized carbons (Fsp3) is 0.562. The van der Waals surface area contributed by atoms with Crippen LogP contribution >= 0.6 is 0 Å². The molecule has 126 valence electrons. The van der Waals surface area contributed by atoms with Crippen molar-refractivity contribution in [3.8, 4) is 5.75 Å². The molecule has 1 aromatic carbocycles. The lowest BCUT2D eigenvalue weighted by Gasteiger charge is -2.30. The number of amides is 1. The molecule has 1 heterocycles. The maximum Gasteiger partial charge on any atom is 0.233 e. The number of likely N-dealkylation sites (N-methyl/N-ethyl adjacent to an activating group) is 1. The minimum Gasteiger partial charge on any atom is -0.497 e. The Morgan fingerprint density at radius 2 is 1.87 bits per heavy atom. The lowest BCUT2D eigenvalue weighted by atomic mass is 9.93. The van der Waals surface area contributed by atoms with Crippen LogP contribution in [0.3, 0.4) is 0 Å². The number of benzene rings is 1. The standard InChI is InChI=1S/C16H21NO5S/c1-17(13-9-23(20,21)10-14(13)18)15(19)16(7-8-16)11-3-5-12(22-2)6-4-11/h3-6,13-14,18H,7-10H2,1-2H3/t13-,14-/m1/s1. The van der Waals surface area contributed by atoms with E-state index in [4.69, 9.17) is 4.74 Å². The van der Waals surface area contributed by atoms with Crippen LogP contribution in [0.25, 0.3) is 0 Å². The molecule has 1 saturated heterocycles. The van der Waals surface area contributed by atoms with Gasteiger partial charge in [-0.2, -0.15) is 0 Å². The van der Waals surface area contributed by atoms with Crippen molar-refractivity contribution in [1.82, 2.24) is 4.90 Å². The Balaban J connectivity index is 1.81. The molecule has 1 saturated carbocycles. The quantitative estimate of drug-likeness (QED) is 0.855. The summed E-state index contributed by atoms with van der Waals surface area (Å²) in [6.45, 7) is 0. The molecular weight excluding hydrogens is 318 g/mol. The van der Waals surface area contributed by atoms with Crippen LogP contribution in [-0.4, -0.2) is 62.1 Å². The van der Waals surface area contributed by atoms with E-state index in [0.29, 0.717) is 0 Å². The zero-order valence-corrected chi connectivity index (χ0v) is 14.0. The summed E-state index contributed by atoms with van der Waals surface area (Å²) in [7, 11) is -0.112. The number of carbonyl (C=O) groups is 1. The number of rotatable bonds is 4. The van der Waals surface area contributed by atoms with Crippen molar-refractivity contribution in [1.29, 1.82) is 0 Å². The number of hydrogen-bond donors (Lipinski definition) is 1. The first-order valence-electron chi connectivity index (χ1n) is 7.59. The number of sulfone groups is 1. The Labute approximate surface area is 136 Å². The summed E-state index contributed by atoms with van der Waals surface area (Å²) in [5, 5.41) is 9.98. The molecule has 0 bridgehead atoms. The molecule has 3 rings (SSSR count). The fourth-order valence-electron chi connectivity index (χ4n) is 3.33. The van der Waals surface area contributed by atoms with E-state index in [9.17, 15) is 18.3 Å². The second kappa shape index (κ2) is 5.49. The van der Waals surface area contributed by atoms with Crippen LogP contribution in [0.1, 0.15) is 18.4 Å². The smallest absolute Gasteiger partial charge is 0.233 e. The molecule has 1 N–H and O–H groups in total. The second-order valence-corrected chi connectivity index (χ2v) is 8.59. The molecule has 2 fully saturated rings. The highest BCUT2D eigenvalue weighted by Gasteiger charge is 2.54. The summed E-state index contributed by atoms with van der Waals surface area (Å²) in [6.07, 6.45) is 0.455. The molecule has 1 aromatic rings. The predicted molar refractivity (Wildman–Crippen MR) is 85.1 cm³/mol. The molecule has 0 spiro atoms. The number of methoxy groups -OCH3 is 1. The third kappa shape index (κ3) is 2.83. The van der Waals surface area contributed by atoms with Crippen LogP contribution in [0, 0.1) is 0 Å². The van der Waals surface area contributed by atoms with E-state index in [1.165, 1.54) is 4.90 Å². The molecule has 0 aromatic heterocycles. The van der Waals surface area contributed by atoms with E-state index in [1.807, 2.05) is 24.3 Å². The van der Waals surface area contributed by atoms with Crippen molar-refractivity contribution in [2.24, 2.45) is 0 Å². The van der Waals surface area contributed by atoms with Gasteiger partial charge in [0.2, 0.25) is 5.91 Å². The number of aliphatic hydroxyl groups excluding tert-OH is 1. The minimum absolute atomic E-state index is 0.121. The maximum atomic E-state index is 12.9. The Kier molecular flexibility index (Phi) is 3.88. The summed E-state index contributed by atoms with van der Waals surface area (Å²) >= 11 is 0. The minimum atomic E-state index is -3.28. The lowest BCUT2D eigenvalue weighted by Crippen LogP contribution is -2.48. The molecule has 23 heavy (non-hydrogen) atoms. The Morgan fingerprint density at radius 3 is 2.30 bits per heavy atom. The topological polar surface area (TPSA) is 83.9 Å². The number of carbonyl (C=O) groups excluding carboxylic acids is 1. The van der Waals surface area contributed by atoms with Gasteiger partial charge in [0.05, 0.1) is 36.2 Å². The van der Waals surface area contributed by atoms with Crippen LogP contribution < -0.4 is 4.74 Å². The first-order valence-corrected chi connectivity index (χ1v) is 9.41. The van der Waals surface area contributed by atoms with Crippen LogP contribution in [0.5, 0.6) is 5.75 Å². The zero-order valence-electron chi connectivity index (χ0n) is 13.2. The Morgan fingerprint density at radius 1 is 1.26 bits per heavy atom. The molecule has 7 heteroatoms. The van der Waals surface area contributed by atoms with Crippen LogP contribution in [0.15, 0.2) is 24.3 Å². The van der Waals surface area contributed by atoms with Crippen molar-refractivity contribution < 1.29 is 23.1 Å². The van der Waals surface area contributed by atoms with E-state index in [1.54, 1.807) is 14.2 Å². The fourth-order valence-corrected chi connectivity index (χ4v) is 5.17. The summed E-state index contributed by atoms with van der Waals surface area (Å²) in [5.41, 5.74) is 0.318. The van der Waals surface area contributed by atoms with Gasteiger partial charge in [0, 0.05) is 7.05 Å². The van der Waals surface area contributed by atoms with Gasteiger partial charge in [-0.25, -0.2) is 8.42 Å². The average Bonchev–Trinajstić information content (AvgIpc) is 3.27. The van der Waals surface area contributed by atoms with Crippen molar-refractivity contribution in [3.63, 3.8) is 0 Å². The SMILES string of the molecule is COc1ccc(C2(C(=O)N(C)[C@@H]3CS(=O)(=O)C[C@H]3O)CC2)cc1. The van der Waals surface area contributed by atoms with E-state index in [2.05, 4.69) is 0 Å². The van der Waals surface area contributed by atoms with Crippen LogP contribution in [0.2, 0.25) is 0 Å². The molecule has 2 atom stereocenters. The third-order valence-electron chi connectivity index (χ3n) is 4.91. The number of aliphatic hydroxyl groups is 1. The Hall–Kier alpha value is -1.60. The molecule has 1 aliphatic carbocycles. The number of hydrogen-bond acceptors (Lipinski definition) is 5. The van der Waals surface area contributed by atoms with E-state index in [0.717, 1.165) is 24.2 Å². The van der Waals surface area contributed by atoms with Gasteiger partial charge in [-0.05, 0) is 30.5 Å². The van der Waals surface area contributed by atoms with E-state index < -0.39 is 27.4 Å². The summed E-state index contributed by atoms with van der Waals surface area (Å²) in [5.74, 6) is 0.159. The van der Waals surface area contributed by atoms with Gasteiger partial charge in [-0.1, -0.05) is 12.1 Å². The van der Waals surface area contributed by atoms with E-state index in [-0.39, 0.29) is 17.4 Å². The van der Waals surface area contributed by atoms with Crippen molar-refractivity contribution in [3.05, 3.63) is 29.8 Å². The highest BCUT2D eigenvalue weighted by Crippen LogP contribution is 2.50. The highest BCUT2D eigenvalue weighted by molar-refractivity contribution is 7.91. The number of nitrogens with zero attached hydrogens (tertiary/aromatic N) is 1. The molecule has 1 amide bonds. The summed E-state index contributed by atoms with van der Waals surface area (Å²) in [4.78, 5) is 14.3. The molecule has 6 nitrogen and oxygen atoms in total. The lowest BCUT2D eigenvalue weighted by molar-refractivity contribution is -0.136. The average molecular weight is 339 g/mol. The van der Waals surface area contributed by atoms with Gasteiger partial charge in [-0.3, -0.25) is 4.79 Å². The van der Waals surface area contributed by atoms with Gasteiger partial charge in [0.1, 0.15) is 5.75 Å². The molecular formula is C16H21NO5S. The number of ether oxygens (including phenoxy) is 1. The zero-order chi connectivity index (χ0) is 16.8. The van der Waals surface area contributed by atoms with Crippen LogP contribution in [-0.2, 0) is 20.0 Å². The predicted octanol–water partition coefficient (Wildman–Crippen LogP) is 0.343. The highest BCUT2D eigenvalue weighted by atomic mass is 32.2. The van der Waals surface area contributed by atoms with Gasteiger partial charge >= 0.3 is 0 Å². The molecule has 0 unspecified atom stereocenters. The van der Waals surface area contributed by atoms with Gasteiger partial charge < -0.3 is 14.7 Å². The molecule has 1 aliphatic heterocycles. The van der Waals surface area contributed by atoms with E-state index >= 15 is 0 Å². The first kappa shape index (κ1) is 16.3. The monoisotopic (exact) mass is 339 g/mol. The molecule has 0 radical (unpaired) electrons. The van der Waals surface area contributed by atoms with Gasteiger partial charge in [0.25, 0.3) is 0 Å². The second-order valence-electron chi connectivity index (χ2n) is 6.44. The third-order valence-corrected chi connectivity index (χ3v) is 6.61. The van der Waals surface area contributed by atoms with Crippen molar-refractivity contribution >= 4 is 15.7 Å². The van der Waals surface area contributed by atoms with Gasteiger partial charge in [0.15, 0.2) is 9.84 Å². The van der Waals surface area contributed by atoms with Gasteiger partial charge in [-0.15, -0.1) is 0 Å². The van der Waals surface area contributed by atoms with Crippen molar-refractivity contribution in [2.75, 3.05) is 25.7 Å². The summed E-state index contributed by atoms with van der Waals surface area (Å²) < 4.78 is 28.5. The normalized spacial score (nSPS) is 27.4. The van der Waals surface area contributed by atoms with Crippen molar-refractivity contribution in [2.45, 2.75) is 30.4 Å². The van der Waals surface area contributed by atoms with Crippen LogP contribution in [0.4, 0.5) is 0 Å². The maximum absolute atomic E-state index is 12.9. The Bertz CT molecular complexity index is 708. The molecule has 2 aliphatic rings. The largest absolute Gasteiger partial charge is 0.497 e.